The Labute approximate surface area is 90.8 Å². The second kappa shape index (κ2) is 4.23. The van der Waals surface area contributed by atoms with Crippen LogP contribution in [0.2, 0.25) is 0 Å². The molecule has 1 aliphatic carbocycles. The van der Waals surface area contributed by atoms with Crippen molar-refractivity contribution in [2.45, 2.75) is 18.2 Å². The first-order valence-corrected chi connectivity index (χ1v) is 5.68. The maximum absolute atomic E-state index is 11.4. The summed E-state index contributed by atoms with van der Waals surface area (Å²) in [5, 5.41) is 6.43. The molecule has 14 heavy (non-hydrogen) atoms. The lowest BCUT2D eigenvalue weighted by molar-refractivity contribution is 0.0957. The Kier molecular flexibility index (Phi) is 2.98. The Hall–Kier alpha value is -0.680. The van der Waals surface area contributed by atoms with E-state index in [1.54, 1.807) is 0 Å². The Bertz CT molecular complexity index is 312. The molecule has 76 valence electrons. The van der Waals surface area contributed by atoms with E-state index < -0.39 is 0 Å². The van der Waals surface area contributed by atoms with Crippen LogP contribution in [-0.4, -0.2) is 27.4 Å². The van der Waals surface area contributed by atoms with Crippen molar-refractivity contribution in [3.63, 3.8) is 0 Å². The summed E-state index contributed by atoms with van der Waals surface area (Å²) in [6, 6.07) is 0. The minimum atomic E-state index is -0.133. The van der Waals surface area contributed by atoms with Gasteiger partial charge in [0.1, 0.15) is 4.88 Å². The molecule has 1 fully saturated rings. The van der Waals surface area contributed by atoms with E-state index in [1.165, 1.54) is 19.0 Å². The number of alkyl halides is 1. The first-order chi connectivity index (χ1) is 6.77. The van der Waals surface area contributed by atoms with Gasteiger partial charge in [-0.1, -0.05) is 4.49 Å². The lowest BCUT2D eigenvalue weighted by Gasteiger charge is -2.07. The number of nitrogens with zero attached hydrogens (tertiary/aromatic N) is 2. The van der Waals surface area contributed by atoms with Gasteiger partial charge in [-0.05, 0) is 30.3 Å². The summed E-state index contributed by atoms with van der Waals surface area (Å²) >= 11 is 7.13. The molecule has 2 rings (SSSR count). The van der Waals surface area contributed by atoms with Gasteiger partial charge >= 0.3 is 0 Å². The van der Waals surface area contributed by atoms with E-state index in [1.807, 2.05) is 0 Å². The number of hydrogen-bond acceptors (Lipinski definition) is 4. The molecule has 1 atom stereocenters. The molecule has 0 aromatic carbocycles. The van der Waals surface area contributed by atoms with Crippen LogP contribution in [0.4, 0.5) is 0 Å². The molecule has 1 aromatic rings. The third kappa shape index (κ3) is 2.42. The van der Waals surface area contributed by atoms with Gasteiger partial charge in [0.2, 0.25) is 0 Å². The predicted octanol–water partition coefficient (Wildman–Crippen LogP) is 1.29. The van der Waals surface area contributed by atoms with Crippen molar-refractivity contribution >= 4 is 29.0 Å². The van der Waals surface area contributed by atoms with Crippen molar-refractivity contribution in [1.29, 1.82) is 0 Å². The first-order valence-electron chi connectivity index (χ1n) is 4.47. The van der Waals surface area contributed by atoms with Crippen LogP contribution in [0.1, 0.15) is 22.5 Å². The second-order valence-corrected chi connectivity index (χ2v) is 4.69. The fourth-order valence-electron chi connectivity index (χ4n) is 1.17. The van der Waals surface area contributed by atoms with Gasteiger partial charge in [0, 0.05) is 6.54 Å². The monoisotopic (exact) mass is 231 g/mol. The topological polar surface area (TPSA) is 54.9 Å². The van der Waals surface area contributed by atoms with Crippen molar-refractivity contribution in [3.05, 3.63) is 11.1 Å². The number of amides is 1. The van der Waals surface area contributed by atoms with Crippen molar-refractivity contribution in [3.8, 4) is 0 Å². The average Bonchev–Trinajstić information content (AvgIpc) is 2.90. The van der Waals surface area contributed by atoms with Crippen LogP contribution in [0, 0.1) is 5.92 Å². The smallest absolute Gasteiger partial charge is 0.264 e. The number of hydrogen-bond donors (Lipinski definition) is 1. The maximum atomic E-state index is 11.4. The highest BCUT2D eigenvalue weighted by Crippen LogP contribution is 2.35. The van der Waals surface area contributed by atoms with Gasteiger partial charge in [-0.25, -0.2) is 0 Å². The normalized spacial score (nSPS) is 17.8. The number of rotatable bonds is 4. The number of halogens is 1. The Balaban J connectivity index is 1.77. The van der Waals surface area contributed by atoms with Crippen LogP contribution < -0.4 is 5.32 Å². The molecule has 0 radical (unpaired) electrons. The average molecular weight is 232 g/mol. The molecule has 1 amide bonds. The molecule has 6 heteroatoms. The number of nitrogens with one attached hydrogen (secondary N) is 1. The minimum Gasteiger partial charge on any atom is -0.350 e. The predicted molar refractivity (Wildman–Crippen MR) is 54.6 cm³/mol. The molecule has 0 aliphatic heterocycles. The fourth-order valence-corrected chi connectivity index (χ4v) is 1.93. The third-order valence-corrected chi connectivity index (χ3v) is 3.35. The standard InChI is InChI=1S/C8H10ClN3OS/c9-6(5-1-2-5)3-10-8(13)7-4-11-12-14-7/h4-6H,1-3H2,(H,10,13). The molecular formula is C8H10ClN3OS. The van der Waals surface area contributed by atoms with E-state index in [0.717, 1.165) is 11.5 Å². The van der Waals surface area contributed by atoms with Crippen LogP contribution in [0.15, 0.2) is 6.20 Å². The quantitative estimate of drug-likeness (QED) is 0.795. The Morgan fingerprint density at radius 2 is 2.57 bits per heavy atom. The van der Waals surface area contributed by atoms with Crippen molar-refractivity contribution in [2.24, 2.45) is 5.92 Å². The lowest BCUT2D eigenvalue weighted by Crippen LogP contribution is -2.30. The summed E-state index contributed by atoms with van der Waals surface area (Å²) in [5.74, 6) is 0.461. The van der Waals surface area contributed by atoms with Crippen molar-refractivity contribution in [1.82, 2.24) is 14.9 Å². The molecule has 4 nitrogen and oxygen atoms in total. The van der Waals surface area contributed by atoms with E-state index in [2.05, 4.69) is 14.9 Å². The summed E-state index contributed by atoms with van der Waals surface area (Å²) < 4.78 is 3.62. The zero-order valence-electron chi connectivity index (χ0n) is 7.44. The largest absolute Gasteiger partial charge is 0.350 e. The molecule has 1 unspecified atom stereocenters. The Morgan fingerprint density at radius 1 is 1.79 bits per heavy atom. The molecule has 0 bridgehead atoms. The van der Waals surface area contributed by atoms with Crippen molar-refractivity contribution < 1.29 is 4.79 Å². The highest BCUT2D eigenvalue weighted by atomic mass is 35.5. The van der Waals surface area contributed by atoms with E-state index in [9.17, 15) is 4.79 Å². The van der Waals surface area contributed by atoms with E-state index >= 15 is 0 Å². The fraction of sp³-hybridized carbons (Fsp3) is 0.625. The SMILES string of the molecule is O=C(NCC(Cl)C1CC1)c1cnns1. The first kappa shape index (κ1) is 9.86. The van der Waals surface area contributed by atoms with Crippen LogP contribution in [0.25, 0.3) is 0 Å². The molecule has 0 spiro atoms. The molecule has 1 N–H and O–H groups in total. The molecule has 1 heterocycles. The third-order valence-electron chi connectivity index (χ3n) is 2.18. The lowest BCUT2D eigenvalue weighted by atomic mass is 10.3. The zero-order chi connectivity index (χ0) is 9.97. The molecule has 0 saturated heterocycles. The van der Waals surface area contributed by atoms with Crippen LogP contribution in [0.5, 0.6) is 0 Å². The van der Waals surface area contributed by atoms with Crippen LogP contribution in [-0.2, 0) is 0 Å². The minimum absolute atomic E-state index is 0.0693. The van der Waals surface area contributed by atoms with Crippen LogP contribution >= 0.6 is 23.1 Å². The van der Waals surface area contributed by atoms with Gasteiger partial charge in [0.05, 0.1) is 11.6 Å². The van der Waals surface area contributed by atoms with Crippen molar-refractivity contribution in [2.75, 3.05) is 6.54 Å². The highest BCUT2D eigenvalue weighted by molar-refractivity contribution is 7.07. The summed E-state index contributed by atoms with van der Waals surface area (Å²) in [6.45, 7) is 0.531. The van der Waals surface area contributed by atoms with Gasteiger partial charge < -0.3 is 5.32 Å². The van der Waals surface area contributed by atoms with Gasteiger partial charge in [0.15, 0.2) is 0 Å². The number of carbonyl (C=O) groups excluding carboxylic acids is 1. The van der Waals surface area contributed by atoms with E-state index in [0.29, 0.717) is 17.3 Å². The van der Waals surface area contributed by atoms with Gasteiger partial charge in [0.25, 0.3) is 5.91 Å². The summed E-state index contributed by atoms with van der Waals surface area (Å²) in [4.78, 5) is 11.9. The zero-order valence-corrected chi connectivity index (χ0v) is 9.01. The summed E-state index contributed by atoms with van der Waals surface area (Å²) in [5.41, 5.74) is 0. The number of aromatic nitrogens is 2. The van der Waals surface area contributed by atoms with Gasteiger partial charge in [-0.15, -0.1) is 16.7 Å². The molecular weight excluding hydrogens is 222 g/mol. The molecule has 1 saturated carbocycles. The second-order valence-electron chi connectivity index (χ2n) is 3.35. The maximum Gasteiger partial charge on any atom is 0.264 e. The van der Waals surface area contributed by atoms with Crippen LogP contribution in [0.3, 0.4) is 0 Å². The van der Waals surface area contributed by atoms with Gasteiger partial charge in [-0.2, -0.15) is 0 Å². The Morgan fingerprint density at radius 3 is 3.14 bits per heavy atom. The van der Waals surface area contributed by atoms with Gasteiger partial charge in [-0.3, -0.25) is 4.79 Å². The summed E-state index contributed by atoms with van der Waals surface area (Å²) in [6.07, 6.45) is 3.83. The molecule has 1 aromatic heterocycles. The van der Waals surface area contributed by atoms with E-state index in [-0.39, 0.29) is 11.3 Å². The summed E-state index contributed by atoms with van der Waals surface area (Å²) in [7, 11) is 0. The molecule has 1 aliphatic rings. The highest BCUT2D eigenvalue weighted by Gasteiger charge is 2.29. The number of carbonyl (C=O) groups is 1. The van der Waals surface area contributed by atoms with E-state index in [4.69, 9.17) is 11.6 Å².